The van der Waals surface area contributed by atoms with Gasteiger partial charge in [-0.3, -0.25) is 9.59 Å². The first kappa shape index (κ1) is 18.5. The van der Waals surface area contributed by atoms with Crippen molar-refractivity contribution in [2.45, 2.75) is 51.5 Å². The largest absolute Gasteiger partial charge is 0.451 e. The van der Waals surface area contributed by atoms with Crippen molar-refractivity contribution in [2.75, 3.05) is 6.54 Å². The van der Waals surface area contributed by atoms with E-state index in [1.54, 1.807) is 6.07 Å². The van der Waals surface area contributed by atoms with Crippen LogP contribution in [0, 0.1) is 11.3 Å². The van der Waals surface area contributed by atoms with E-state index in [9.17, 15) is 9.59 Å². The first-order valence-corrected chi connectivity index (χ1v) is 10.4. The van der Waals surface area contributed by atoms with E-state index < -0.39 is 5.54 Å². The number of hydrogen-bond donors (Lipinski definition) is 2. The fraction of sp³-hybridized carbons (Fsp3) is 0.524. The SMILES string of the molecule is CC(C)(CNC(=O)c1cc2ccc(Br)cc2o1)NC(=O)C12CCCCC1C2. The van der Waals surface area contributed by atoms with E-state index in [-0.39, 0.29) is 23.0 Å². The summed E-state index contributed by atoms with van der Waals surface area (Å²) in [7, 11) is 0. The number of carbonyl (C=O) groups excluding carboxylic acids is 2. The number of halogens is 1. The molecule has 0 radical (unpaired) electrons. The van der Waals surface area contributed by atoms with E-state index in [4.69, 9.17) is 4.42 Å². The Labute approximate surface area is 167 Å². The predicted molar refractivity (Wildman–Crippen MR) is 107 cm³/mol. The summed E-state index contributed by atoms with van der Waals surface area (Å²) in [5, 5.41) is 6.93. The van der Waals surface area contributed by atoms with Crippen molar-refractivity contribution in [1.29, 1.82) is 0 Å². The monoisotopic (exact) mass is 432 g/mol. The second kappa shape index (κ2) is 6.66. The van der Waals surface area contributed by atoms with E-state index in [1.165, 1.54) is 12.8 Å². The summed E-state index contributed by atoms with van der Waals surface area (Å²) in [6.45, 7) is 4.23. The molecule has 6 heteroatoms. The van der Waals surface area contributed by atoms with Crippen molar-refractivity contribution in [3.8, 4) is 0 Å². The number of fused-ring (bicyclic) bond motifs is 2. The highest BCUT2D eigenvalue weighted by Gasteiger charge is 2.60. The third-order valence-electron chi connectivity index (χ3n) is 5.96. The maximum Gasteiger partial charge on any atom is 0.287 e. The molecule has 144 valence electrons. The van der Waals surface area contributed by atoms with Crippen LogP contribution in [0.1, 0.15) is 56.5 Å². The lowest BCUT2D eigenvalue weighted by atomic mass is 9.87. The van der Waals surface area contributed by atoms with Gasteiger partial charge in [0, 0.05) is 16.4 Å². The van der Waals surface area contributed by atoms with Crippen LogP contribution in [-0.2, 0) is 4.79 Å². The maximum atomic E-state index is 12.8. The number of furan rings is 1. The second-order valence-corrected chi connectivity index (χ2v) is 9.53. The van der Waals surface area contributed by atoms with E-state index in [0.717, 1.165) is 29.1 Å². The highest BCUT2D eigenvalue weighted by atomic mass is 79.9. The Bertz CT molecular complexity index is 904. The zero-order valence-corrected chi connectivity index (χ0v) is 17.3. The van der Waals surface area contributed by atoms with Gasteiger partial charge in [-0.25, -0.2) is 0 Å². The van der Waals surface area contributed by atoms with Crippen molar-refractivity contribution in [3.05, 3.63) is 34.5 Å². The van der Waals surface area contributed by atoms with Crippen LogP contribution in [0.25, 0.3) is 11.0 Å². The maximum absolute atomic E-state index is 12.8. The molecule has 27 heavy (non-hydrogen) atoms. The molecule has 0 spiro atoms. The molecule has 0 aliphatic heterocycles. The molecule has 2 amide bonds. The first-order chi connectivity index (χ1) is 12.8. The van der Waals surface area contributed by atoms with E-state index in [1.807, 2.05) is 32.0 Å². The second-order valence-electron chi connectivity index (χ2n) is 8.62. The molecule has 1 heterocycles. The molecule has 2 aromatic rings. The van der Waals surface area contributed by atoms with Crippen LogP contribution in [0.15, 0.2) is 33.2 Å². The van der Waals surface area contributed by atoms with Gasteiger partial charge in [-0.15, -0.1) is 0 Å². The van der Waals surface area contributed by atoms with E-state index in [2.05, 4.69) is 26.6 Å². The average Bonchev–Trinajstić information content (AvgIpc) is 3.24. The molecular formula is C21H25BrN2O3. The van der Waals surface area contributed by atoms with Gasteiger partial charge >= 0.3 is 0 Å². The minimum absolute atomic E-state index is 0.133. The third kappa shape index (κ3) is 3.64. The summed E-state index contributed by atoms with van der Waals surface area (Å²) >= 11 is 3.40. The molecule has 5 nitrogen and oxygen atoms in total. The summed E-state index contributed by atoms with van der Waals surface area (Å²) < 4.78 is 6.55. The molecule has 2 N–H and O–H groups in total. The quantitative estimate of drug-likeness (QED) is 0.735. The van der Waals surface area contributed by atoms with Crippen molar-refractivity contribution >= 4 is 38.7 Å². The standard InChI is InChI=1S/C21H25BrN2O3/c1-20(2,24-19(26)21-8-4-3-5-14(21)11-21)12-23-18(25)17-9-13-6-7-15(22)10-16(13)27-17/h6-7,9-10,14H,3-5,8,11-12H2,1-2H3,(H,23,25)(H,24,26). The lowest BCUT2D eigenvalue weighted by Gasteiger charge is -2.30. The van der Waals surface area contributed by atoms with Crippen LogP contribution < -0.4 is 10.6 Å². The Morgan fingerprint density at radius 1 is 1.30 bits per heavy atom. The van der Waals surface area contributed by atoms with Crippen molar-refractivity contribution in [3.63, 3.8) is 0 Å². The molecule has 1 aromatic heterocycles. The molecule has 2 fully saturated rings. The van der Waals surface area contributed by atoms with Crippen LogP contribution in [0.5, 0.6) is 0 Å². The Morgan fingerprint density at radius 2 is 2.11 bits per heavy atom. The number of amides is 2. The summed E-state index contributed by atoms with van der Waals surface area (Å²) in [6, 6.07) is 7.39. The van der Waals surface area contributed by atoms with E-state index >= 15 is 0 Å². The minimum Gasteiger partial charge on any atom is -0.451 e. The number of rotatable bonds is 5. The van der Waals surface area contributed by atoms with Gasteiger partial charge in [0.15, 0.2) is 5.76 Å². The molecule has 2 saturated carbocycles. The van der Waals surface area contributed by atoms with Crippen LogP contribution in [0.2, 0.25) is 0 Å². The normalized spacial score (nSPS) is 24.3. The number of nitrogens with one attached hydrogen (secondary N) is 2. The van der Waals surface area contributed by atoms with Gasteiger partial charge in [-0.1, -0.05) is 28.8 Å². The molecule has 1 aromatic carbocycles. The van der Waals surface area contributed by atoms with Gasteiger partial charge < -0.3 is 15.1 Å². The number of benzene rings is 1. The summed E-state index contributed by atoms with van der Waals surface area (Å²) in [5.74, 6) is 0.717. The molecule has 0 saturated heterocycles. The summed E-state index contributed by atoms with van der Waals surface area (Å²) in [5.41, 5.74) is 0.0190. The van der Waals surface area contributed by atoms with Crippen molar-refractivity contribution in [2.24, 2.45) is 11.3 Å². The Balaban J connectivity index is 1.36. The van der Waals surface area contributed by atoms with Crippen LogP contribution in [0.3, 0.4) is 0 Å². The van der Waals surface area contributed by atoms with Gasteiger partial charge in [0.05, 0.1) is 11.0 Å². The molecular weight excluding hydrogens is 408 g/mol. The predicted octanol–water partition coefficient (Wildman–Crippen LogP) is 4.40. The van der Waals surface area contributed by atoms with Crippen LogP contribution in [-0.4, -0.2) is 23.9 Å². The Kier molecular flexibility index (Phi) is 4.57. The fourth-order valence-electron chi connectivity index (χ4n) is 4.27. The summed E-state index contributed by atoms with van der Waals surface area (Å²) in [6.07, 6.45) is 5.58. The molecule has 0 bridgehead atoms. The number of carbonyl (C=O) groups is 2. The van der Waals surface area contributed by atoms with Gasteiger partial charge in [0.2, 0.25) is 5.91 Å². The molecule has 2 atom stereocenters. The Hall–Kier alpha value is -1.82. The Morgan fingerprint density at radius 3 is 2.89 bits per heavy atom. The lowest BCUT2D eigenvalue weighted by molar-refractivity contribution is -0.129. The first-order valence-electron chi connectivity index (χ1n) is 9.59. The van der Waals surface area contributed by atoms with Gasteiger partial charge in [-0.2, -0.15) is 0 Å². The zero-order valence-electron chi connectivity index (χ0n) is 15.7. The van der Waals surface area contributed by atoms with Crippen LogP contribution in [0.4, 0.5) is 0 Å². The van der Waals surface area contributed by atoms with E-state index in [0.29, 0.717) is 18.0 Å². The molecule has 2 unspecified atom stereocenters. The highest BCUT2D eigenvalue weighted by molar-refractivity contribution is 9.10. The molecule has 2 aliphatic rings. The van der Waals surface area contributed by atoms with Gasteiger partial charge in [-0.05, 0) is 63.3 Å². The average molecular weight is 433 g/mol. The van der Waals surface area contributed by atoms with Gasteiger partial charge in [0.1, 0.15) is 5.58 Å². The minimum atomic E-state index is -0.513. The van der Waals surface area contributed by atoms with Crippen molar-refractivity contribution < 1.29 is 14.0 Å². The molecule has 2 aliphatic carbocycles. The van der Waals surface area contributed by atoms with Crippen molar-refractivity contribution in [1.82, 2.24) is 10.6 Å². The third-order valence-corrected chi connectivity index (χ3v) is 6.45. The molecule has 4 rings (SSSR count). The number of hydrogen-bond acceptors (Lipinski definition) is 3. The topological polar surface area (TPSA) is 71.3 Å². The highest BCUT2D eigenvalue weighted by Crippen LogP contribution is 2.61. The summed E-state index contributed by atoms with van der Waals surface area (Å²) in [4.78, 5) is 25.3. The van der Waals surface area contributed by atoms with Gasteiger partial charge in [0.25, 0.3) is 5.91 Å². The zero-order chi connectivity index (χ0) is 19.2. The fourth-order valence-corrected chi connectivity index (χ4v) is 4.61. The van der Waals surface area contributed by atoms with Crippen LogP contribution >= 0.6 is 15.9 Å². The lowest BCUT2D eigenvalue weighted by Crippen LogP contribution is -2.53. The smallest absolute Gasteiger partial charge is 0.287 e.